The predicted molar refractivity (Wildman–Crippen MR) is 155 cm³/mol. The van der Waals surface area contributed by atoms with E-state index in [-0.39, 0.29) is 36.4 Å². The van der Waals surface area contributed by atoms with Crippen LogP contribution in [0.25, 0.3) is 11.6 Å². The number of fused-ring (bicyclic) bond motifs is 2. The Morgan fingerprint density at radius 2 is 1.86 bits per heavy atom. The molecule has 1 aromatic heterocycles. The minimum Gasteiger partial charge on any atom is -0.390 e. The fourth-order valence-corrected chi connectivity index (χ4v) is 5.81. The summed E-state index contributed by atoms with van der Waals surface area (Å²) in [5.74, 6) is -1.40. The molecule has 0 radical (unpaired) electrons. The van der Waals surface area contributed by atoms with Crippen molar-refractivity contribution in [1.82, 2.24) is 14.8 Å². The number of halogens is 2. The van der Waals surface area contributed by atoms with Crippen LogP contribution >= 0.6 is 0 Å². The van der Waals surface area contributed by atoms with E-state index in [2.05, 4.69) is 20.5 Å². The number of carbonyl (C=O) groups is 2. The highest BCUT2D eigenvalue weighted by Gasteiger charge is 2.32. The first kappa shape index (κ1) is 28.1. The third-order valence-corrected chi connectivity index (χ3v) is 8.08. The lowest BCUT2D eigenvalue weighted by molar-refractivity contribution is -0.110. The number of amides is 2. The van der Waals surface area contributed by atoms with Crippen molar-refractivity contribution in [3.05, 3.63) is 81.7 Å². The highest BCUT2D eigenvalue weighted by Crippen LogP contribution is 2.37. The number of carbonyl (C=O) groups excluding carboxylic acids is 2. The molecule has 1 fully saturated rings. The maximum atomic E-state index is 15.1. The smallest absolute Gasteiger partial charge is 0.256 e. The fraction of sp³-hybridized carbons (Fsp3) is 0.355. The second-order valence-electron chi connectivity index (χ2n) is 11.0. The van der Waals surface area contributed by atoms with Gasteiger partial charge in [-0.15, -0.1) is 0 Å². The number of β-amino-alcohol motifs (C(OH)–C–C–N with tert-alkyl or cyclic N) is 1. The van der Waals surface area contributed by atoms with Gasteiger partial charge in [-0.05, 0) is 48.4 Å². The number of aromatic nitrogens is 1. The van der Waals surface area contributed by atoms with E-state index < -0.39 is 11.9 Å². The maximum absolute atomic E-state index is 15.1. The highest BCUT2D eigenvalue weighted by atomic mass is 19.1. The second-order valence-corrected chi connectivity index (χ2v) is 11.0. The second kappa shape index (κ2) is 11.7. The molecule has 0 aliphatic carbocycles. The number of aliphatic hydroxyl groups is 1. The lowest BCUT2D eigenvalue weighted by Gasteiger charge is -2.32. The zero-order valence-corrected chi connectivity index (χ0v) is 23.3. The fourth-order valence-electron chi connectivity index (χ4n) is 5.81. The van der Waals surface area contributed by atoms with Gasteiger partial charge in [0.05, 0.1) is 41.8 Å². The number of morpholine rings is 1. The van der Waals surface area contributed by atoms with Gasteiger partial charge >= 0.3 is 0 Å². The molecule has 11 heteroatoms. The lowest BCUT2D eigenvalue weighted by Crippen LogP contribution is -2.47. The molecule has 0 spiro atoms. The Hall–Kier alpha value is -4.06. The average molecular weight is 578 g/mol. The molecule has 6 rings (SSSR count). The zero-order chi connectivity index (χ0) is 29.4. The van der Waals surface area contributed by atoms with Crippen LogP contribution in [-0.4, -0.2) is 83.7 Å². The van der Waals surface area contributed by atoms with Crippen molar-refractivity contribution in [2.75, 3.05) is 56.6 Å². The quantitative estimate of drug-likeness (QED) is 0.306. The molecule has 4 heterocycles. The predicted octanol–water partition coefficient (Wildman–Crippen LogP) is 3.40. The van der Waals surface area contributed by atoms with Gasteiger partial charge in [-0.3, -0.25) is 14.5 Å². The van der Waals surface area contributed by atoms with Gasteiger partial charge in [0.15, 0.2) is 0 Å². The molecular weight excluding hydrogens is 544 g/mol. The van der Waals surface area contributed by atoms with Crippen molar-refractivity contribution in [2.45, 2.75) is 26.0 Å². The largest absolute Gasteiger partial charge is 0.390 e. The van der Waals surface area contributed by atoms with E-state index in [9.17, 15) is 19.1 Å². The van der Waals surface area contributed by atoms with Gasteiger partial charge in [0.25, 0.3) is 11.8 Å². The molecular formula is C31H33F2N5O4. The van der Waals surface area contributed by atoms with E-state index >= 15 is 4.39 Å². The summed E-state index contributed by atoms with van der Waals surface area (Å²) in [5, 5.41) is 16.5. The van der Waals surface area contributed by atoms with Crippen LogP contribution in [-0.2, 0) is 22.5 Å². The number of hydrogen-bond donors (Lipinski definition) is 4. The molecule has 3 aliphatic rings. The van der Waals surface area contributed by atoms with Crippen LogP contribution in [0, 0.1) is 18.6 Å². The lowest BCUT2D eigenvalue weighted by atomic mass is 10.0. The molecule has 4 N–H and O–H groups in total. The van der Waals surface area contributed by atoms with Gasteiger partial charge in [0, 0.05) is 62.6 Å². The Labute approximate surface area is 242 Å². The number of hydrogen-bond acceptors (Lipinski definition) is 6. The summed E-state index contributed by atoms with van der Waals surface area (Å²) in [6, 6.07) is 8.78. The van der Waals surface area contributed by atoms with E-state index in [0.29, 0.717) is 66.4 Å². The number of rotatable bonds is 8. The van der Waals surface area contributed by atoms with Crippen LogP contribution in [0.1, 0.15) is 38.4 Å². The maximum Gasteiger partial charge on any atom is 0.256 e. The molecule has 9 nitrogen and oxygen atoms in total. The Morgan fingerprint density at radius 1 is 1.10 bits per heavy atom. The summed E-state index contributed by atoms with van der Waals surface area (Å²) in [6.45, 7) is 6.12. The van der Waals surface area contributed by atoms with Crippen LogP contribution in [0.2, 0.25) is 0 Å². The molecule has 1 saturated heterocycles. The minimum absolute atomic E-state index is 0.158. The van der Waals surface area contributed by atoms with Crippen LogP contribution < -0.4 is 10.6 Å². The van der Waals surface area contributed by atoms with Gasteiger partial charge < -0.3 is 30.4 Å². The van der Waals surface area contributed by atoms with E-state index in [4.69, 9.17) is 4.74 Å². The zero-order valence-electron chi connectivity index (χ0n) is 23.3. The summed E-state index contributed by atoms with van der Waals surface area (Å²) >= 11 is 0. The molecule has 1 atom stereocenters. The molecule has 42 heavy (non-hydrogen) atoms. The first-order valence-corrected chi connectivity index (χ1v) is 14.1. The van der Waals surface area contributed by atoms with Gasteiger partial charge in [-0.25, -0.2) is 8.78 Å². The van der Waals surface area contributed by atoms with Gasteiger partial charge in [0.1, 0.15) is 11.6 Å². The van der Waals surface area contributed by atoms with Gasteiger partial charge in [0.2, 0.25) is 0 Å². The number of ether oxygens (including phenoxy) is 1. The van der Waals surface area contributed by atoms with E-state index in [1.165, 1.54) is 18.2 Å². The highest BCUT2D eigenvalue weighted by molar-refractivity contribution is 6.35. The molecule has 3 aromatic rings. The number of nitrogens with zero attached hydrogens (tertiary/aromatic N) is 2. The van der Waals surface area contributed by atoms with Gasteiger partial charge in [-0.1, -0.05) is 12.1 Å². The average Bonchev–Trinajstić information content (AvgIpc) is 3.45. The number of aromatic amines is 1. The first-order chi connectivity index (χ1) is 20.3. The monoisotopic (exact) mass is 577 g/mol. The van der Waals surface area contributed by atoms with Gasteiger partial charge in [-0.2, -0.15) is 0 Å². The Morgan fingerprint density at radius 3 is 2.62 bits per heavy atom. The van der Waals surface area contributed by atoms with E-state index in [1.807, 2.05) is 6.92 Å². The Bertz CT molecular complexity index is 1550. The Balaban J connectivity index is 1.18. The van der Waals surface area contributed by atoms with Crippen LogP contribution in [0.5, 0.6) is 0 Å². The van der Waals surface area contributed by atoms with Crippen molar-refractivity contribution >= 4 is 34.8 Å². The summed E-state index contributed by atoms with van der Waals surface area (Å²) < 4.78 is 33.6. The number of H-pyrrole nitrogens is 1. The van der Waals surface area contributed by atoms with E-state index in [0.717, 1.165) is 24.3 Å². The minimum atomic E-state index is -0.668. The van der Waals surface area contributed by atoms with Crippen molar-refractivity contribution in [3.63, 3.8) is 0 Å². The summed E-state index contributed by atoms with van der Waals surface area (Å²) in [7, 11) is 0. The van der Waals surface area contributed by atoms with Crippen molar-refractivity contribution in [3.8, 4) is 0 Å². The van der Waals surface area contributed by atoms with E-state index in [1.54, 1.807) is 29.2 Å². The molecule has 0 bridgehead atoms. The normalized spacial score (nSPS) is 18.7. The van der Waals surface area contributed by atoms with Crippen molar-refractivity contribution in [1.29, 1.82) is 0 Å². The standard InChI is InChI=1S/C31H33F2N5O4/c1-18-26(35-25-6-7-38(31(41)29(18)25)17-21(39)16-37-8-10-42-11-9-37)13-23-22-12-24(33)28(14-27(22)36-30(23)40)34-15-19-2-4-20(32)5-3-19/h2-5,12-14,21,34-35,39H,6-11,15-17H2,1H3,(H,36,40)/t21-/m0/s1. The molecule has 2 aromatic carbocycles. The SMILES string of the molecule is Cc1c(C=C2C(=O)Nc3cc(NCc4ccc(F)cc4)c(F)cc32)[nH]c2c1C(=O)N(C[C@@H](O)CN1CCOCC1)CC2. The first-order valence-electron chi connectivity index (χ1n) is 14.1. The van der Waals surface area contributed by atoms with Crippen LogP contribution in [0.15, 0.2) is 36.4 Å². The third kappa shape index (κ3) is 5.67. The number of nitrogens with one attached hydrogen (secondary N) is 3. The molecule has 220 valence electrons. The number of aliphatic hydroxyl groups excluding tert-OH is 1. The topological polar surface area (TPSA) is 110 Å². The van der Waals surface area contributed by atoms with Crippen molar-refractivity contribution in [2.24, 2.45) is 0 Å². The number of anilines is 2. The number of benzene rings is 2. The molecule has 3 aliphatic heterocycles. The molecule has 0 saturated carbocycles. The van der Waals surface area contributed by atoms with Crippen LogP contribution in [0.3, 0.4) is 0 Å². The van der Waals surface area contributed by atoms with Crippen LogP contribution in [0.4, 0.5) is 20.2 Å². The molecule has 2 amide bonds. The summed E-state index contributed by atoms with van der Waals surface area (Å²) in [5.41, 5.74) is 4.84. The third-order valence-electron chi connectivity index (χ3n) is 8.08. The molecule has 0 unspecified atom stereocenters. The Kier molecular flexibility index (Phi) is 7.80. The summed E-state index contributed by atoms with van der Waals surface area (Å²) in [6.07, 6.45) is 1.58. The summed E-state index contributed by atoms with van der Waals surface area (Å²) in [4.78, 5) is 33.5. The van der Waals surface area contributed by atoms with Crippen molar-refractivity contribution < 1.29 is 28.2 Å².